The SMILES string of the molecule is CC[Si](C)(C)[Si](O[Si]([Si](C)(C)CC)([Si](C)(C)CC)[Si](C)(C)CC)([Si](C)(C)CC)[Si](C)(C)CC. The van der Waals surface area contributed by atoms with Gasteiger partial charge in [0, 0.05) is 0 Å². The van der Waals surface area contributed by atoms with E-state index >= 15 is 0 Å². The molecule has 9 heteroatoms. The predicted octanol–water partition coefficient (Wildman–Crippen LogP) is 9.73. The van der Waals surface area contributed by atoms with Crippen molar-refractivity contribution < 1.29 is 4.12 Å². The third-order valence-electron chi connectivity index (χ3n) is 11.3. The van der Waals surface area contributed by atoms with Gasteiger partial charge in [-0.3, -0.25) is 0 Å². The van der Waals surface area contributed by atoms with E-state index in [1.54, 1.807) is 0 Å². The Hall–Kier alpha value is 1.70. The van der Waals surface area contributed by atoms with Crippen LogP contribution in [0.5, 0.6) is 0 Å². The Morgan fingerprint density at radius 2 is 0.424 bits per heavy atom. The molecule has 0 saturated heterocycles. The average Bonchev–Trinajstić information content (AvgIpc) is 2.72. The molecular weight excluding hydrogens is 529 g/mol. The molecule has 0 aliphatic rings. The van der Waals surface area contributed by atoms with Crippen LogP contribution in [0.4, 0.5) is 0 Å². The van der Waals surface area contributed by atoms with E-state index in [9.17, 15) is 0 Å². The molecule has 0 spiro atoms. The van der Waals surface area contributed by atoms with E-state index in [0.717, 1.165) is 0 Å². The van der Waals surface area contributed by atoms with Gasteiger partial charge >= 0.3 is 0 Å². The molecule has 200 valence electrons. The van der Waals surface area contributed by atoms with Crippen molar-refractivity contribution in [1.82, 2.24) is 0 Å². The van der Waals surface area contributed by atoms with Gasteiger partial charge in [0.05, 0.1) is 45.5 Å². The van der Waals surface area contributed by atoms with E-state index in [4.69, 9.17) is 4.12 Å². The fourth-order valence-corrected chi connectivity index (χ4v) is 222. The summed E-state index contributed by atoms with van der Waals surface area (Å²) >= 11 is 0. The smallest absolute Gasteiger partial charge is 0.143 e. The van der Waals surface area contributed by atoms with Gasteiger partial charge in [-0.15, -0.1) is 0 Å². The van der Waals surface area contributed by atoms with Crippen LogP contribution in [0.1, 0.15) is 41.5 Å². The topological polar surface area (TPSA) is 9.23 Å². The van der Waals surface area contributed by atoms with Gasteiger partial charge in [-0.1, -0.05) is 156 Å². The van der Waals surface area contributed by atoms with Crippen LogP contribution in [0.25, 0.3) is 0 Å². The predicted molar refractivity (Wildman–Crippen MR) is 180 cm³/mol. The maximum Gasteiger partial charge on any atom is 0.143 e. The largest absolute Gasteiger partial charge is 0.467 e. The van der Waals surface area contributed by atoms with E-state index in [-0.39, 0.29) is 0 Å². The second-order valence-electron chi connectivity index (χ2n) is 14.9. The van der Waals surface area contributed by atoms with Crippen LogP contribution >= 0.6 is 0 Å². The third-order valence-corrected chi connectivity index (χ3v) is 155. The standard InChI is InChI=1S/C24H66OSi8/c1-19-26(7,8)32(27(9,10)20-2,28(11,12)21-3)25-33(29(13,14)22-4,30(15,16)23-5)31(17,18)24-6/h19-24H2,1-18H3. The van der Waals surface area contributed by atoms with Crippen molar-refractivity contribution in [3.63, 3.8) is 0 Å². The molecule has 0 aromatic heterocycles. The Balaban J connectivity index is 8.16. The van der Waals surface area contributed by atoms with E-state index < -0.39 is 59.3 Å². The third kappa shape index (κ3) is 5.33. The minimum absolute atomic E-state index is 1.44. The summed E-state index contributed by atoms with van der Waals surface area (Å²) < 4.78 is 9.01. The zero-order chi connectivity index (χ0) is 26.9. The minimum Gasteiger partial charge on any atom is -0.467 e. The maximum atomic E-state index is 9.01. The highest BCUT2D eigenvalue weighted by molar-refractivity contribution is 7.94. The molecule has 0 bridgehead atoms. The van der Waals surface area contributed by atoms with Gasteiger partial charge in [0.25, 0.3) is 0 Å². The van der Waals surface area contributed by atoms with Crippen LogP contribution < -0.4 is 0 Å². The molecule has 0 heterocycles. The lowest BCUT2D eigenvalue weighted by Gasteiger charge is -2.69. The van der Waals surface area contributed by atoms with Crippen molar-refractivity contribution in [1.29, 1.82) is 0 Å². The Bertz CT molecular complexity index is 505. The number of hydrogen-bond donors (Lipinski definition) is 0. The van der Waals surface area contributed by atoms with E-state index in [1.165, 1.54) is 36.3 Å². The fourth-order valence-electron chi connectivity index (χ4n) is 8.05. The molecule has 0 radical (unpaired) electrons. The molecule has 0 unspecified atom stereocenters. The van der Waals surface area contributed by atoms with E-state index in [0.29, 0.717) is 0 Å². The molecule has 0 N–H and O–H groups in total. The Morgan fingerprint density at radius 1 is 0.303 bits per heavy atom. The summed E-state index contributed by atoms with van der Waals surface area (Å²) in [6.45, 7) is 45.5. The Kier molecular flexibility index (Phi) is 11.8. The van der Waals surface area contributed by atoms with E-state index in [1.807, 2.05) is 0 Å². The first-order valence-electron chi connectivity index (χ1n) is 14.3. The summed E-state index contributed by atoms with van der Waals surface area (Å²) in [5.41, 5.74) is 0. The van der Waals surface area contributed by atoms with Gasteiger partial charge in [-0.25, -0.2) is 0 Å². The number of rotatable bonds is 14. The summed E-state index contributed by atoms with van der Waals surface area (Å²) in [6.07, 6.45) is 0. The summed E-state index contributed by atoms with van der Waals surface area (Å²) in [7, 11) is -9.08. The van der Waals surface area contributed by atoms with Gasteiger partial charge in [0.1, 0.15) is 13.7 Å². The highest BCUT2D eigenvalue weighted by Gasteiger charge is 2.74. The first-order chi connectivity index (χ1) is 14.6. The first-order valence-corrected chi connectivity index (χ1v) is 43.3. The molecular formula is C24H66OSi8. The fraction of sp³-hybridized carbons (Fsp3) is 1.00. The zero-order valence-electron chi connectivity index (χ0n) is 26.7. The molecule has 0 aromatic carbocycles. The van der Waals surface area contributed by atoms with Crippen molar-refractivity contribution in [2.45, 2.75) is 156 Å². The quantitative estimate of drug-likeness (QED) is 0.182. The van der Waals surface area contributed by atoms with Crippen molar-refractivity contribution in [2.75, 3.05) is 0 Å². The molecule has 0 rings (SSSR count). The lowest BCUT2D eigenvalue weighted by Crippen LogP contribution is -2.95. The molecule has 0 saturated carbocycles. The van der Waals surface area contributed by atoms with Crippen LogP contribution in [-0.2, 0) is 4.12 Å². The van der Waals surface area contributed by atoms with Crippen molar-refractivity contribution in [2.24, 2.45) is 0 Å². The van der Waals surface area contributed by atoms with Gasteiger partial charge in [0.2, 0.25) is 0 Å². The van der Waals surface area contributed by atoms with Crippen molar-refractivity contribution in [3.8, 4) is 0 Å². The second kappa shape index (κ2) is 11.2. The van der Waals surface area contributed by atoms with Crippen LogP contribution in [0.15, 0.2) is 0 Å². The van der Waals surface area contributed by atoms with Gasteiger partial charge in [-0.05, 0) is 0 Å². The minimum atomic E-state index is -1.91. The Morgan fingerprint density at radius 3 is 0.515 bits per heavy atom. The first kappa shape index (κ1) is 34.7. The molecule has 0 aliphatic heterocycles. The summed E-state index contributed by atoms with van der Waals surface area (Å²) in [5.74, 6) is 0. The molecule has 0 atom stereocenters. The van der Waals surface area contributed by atoms with Crippen molar-refractivity contribution in [3.05, 3.63) is 0 Å². The molecule has 33 heavy (non-hydrogen) atoms. The monoisotopic (exact) mass is 594 g/mol. The zero-order valence-corrected chi connectivity index (χ0v) is 34.7. The van der Waals surface area contributed by atoms with Crippen molar-refractivity contribution >= 4 is 59.3 Å². The maximum absolute atomic E-state index is 9.01. The molecule has 0 aromatic rings. The molecule has 0 aliphatic carbocycles. The average molecular weight is 595 g/mol. The second-order valence-corrected chi connectivity index (χ2v) is 91.3. The lowest BCUT2D eigenvalue weighted by molar-refractivity contribution is 0.618. The van der Waals surface area contributed by atoms with Crippen LogP contribution in [0.2, 0.25) is 115 Å². The van der Waals surface area contributed by atoms with E-state index in [2.05, 4.69) is 120 Å². The highest BCUT2D eigenvalue weighted by Crippen LogP contribution is 2.51. The molecule has 0 fully saturated rings. The molecule has 0 amide bonds. The van der Waals surface area contributed by atoms with Crippen LogP contribution in [0.3, 0.4) is 0 Å². The number of hydrogen-bond acceptors (Lipinski definition) is 1. The van der Waals surface area contributed by atoms with Gasteiger partial charge in [0.15, 0.2) is 0 Å². The normalized spacial score (nSPS) is 15.8. The lowest BCUT2D eigenvalue weighted by atomic mass is 11.0. The van der Waals surface area contributed by atoms with Crippen LogP contribution in [-0.4, -0.2) is 59.3 Å². The van der Waals surface area contributed by atoms with Gasteiger partial charge in [-0.2, -0.15) is 0 Å². The summed E-state index contributed by atoms with van der Waals surface area (Å²) in [4.78, 5) is 0. The molecule has 1 nitrogen and oxygen atoms in total. The van der Waals surface area contributed by atoms with Crippen LogP contribution in [0, 0.1) is 0 Å². The highest BCUT2D eigenvalue weighted by atomic mass is 30.0. The Labute approximate surface area is 218 Å². The summed E-state index contributed by atoms with van der Waals surface area (Å²) in [5, 5.41) is 0. The summed E-state index contributed by atoms with van der Waals surface area (Å²) in [6, 6.07) is 8.62. The van der Waals surface area contributed by atoms with Gasteiger partial charge < -0.3 is 4.12 Å².